The van der Waals surface area contributed by atoms with Gasteiger partial charge in [-0.25, -0.2) is 4.68 Å². The fourth-order valence-electron chi connectivity index (χ4n) is 5.97. The molecule has 1 atom stereocenters. The third kappa shape index (κ3) is 4.56. The van der Waals surface area contributed by atoms with Crippen molar-refractivity contribution in [2.45, 2.75) is 77.8 Å². The molecule has 1 fully saturated rings. The van der Waals surface area contributed by atoms with E-state index < -0.39 is 5.97 Å². The number of hydrogen-bond acceptors (Lipinski definition) is 4. The van der Waals surface area contributed by atoms with E-state index in [0.717, 1.165) is 78.5 Å². The van der Waals surface area contributed by atoms with Gasteiger partial charge < -0.3 is 10.0 Å². The number of hydrogen-bond donors (Lipinski definition) is 1. The quantitative estimate of drug-likeness (QED) is 0.553. The van der Waals surface area contributed by atoms with Gasteiger partial charge >= 0.3 is 5.97 Å². The Hall–Kier alpha value is -3.22. The van der Waals surface area contributed by atoms with E-state index in [-0.39, 0.29) is 18.3 Å². The molecule has 35 heavy (non-hydrogen) atoms. The second-order valence-electron chi connectivity index (χ2n) is 10.1. The number of carboxylic acid groups (broad SMARTS) is 1. The average Bonchev–Trinajstić information content (AvgIpc) is 3.31. The Morgan fingerprint density at radius 1 is 1.11 bits per heavy atom. The molecule has 2 heterocycles. The van der Waals surface area contributed by atoms with E-state index in [1.165, 1.54) is 12.0 Å². The zero-order chi connectivity index (χ0) is 24.5. The van der Waals surface area contributed by atoms with Crippen molar-refractivity contribution in [1.29, 1.82) is 0 Å². The summed E-state index contributed by atoms with van der Waals surface area (Å²) in [5.41, 5.74) is 7.10. The maximum Gasteiger partial charge on any atom is 0.304 e. The molecule has 1 saturated carbocycles. The number of carboxylic acids is 1. The Kier molecular flexibility index (Phi) is 6.58. The minimum absolute atomic E-state index is 0.00222. The van der Waals surface area contributed by atoms with Gasteiger partial charge in [0, 0.05) is 31.5 Å². The predicted molar refractivity (Wildman–Crippen MR) is 134 cm³/mol. The summed E-state index contributed by atoms with van der Waals surface area (Å²) in [7, 11) is 0. The Balaban J connectivity index is 1.47. The van der Waals surface area contributed by atoms with Gasteiger partial charge in [0.1, 0.15) is 5.52 Å². The van der Waals surface area contributed by atoms with Crippen LogP contribution in [0.1, 0.15) is 79.2 Å². The van der Waals surface area contributed by atoms with Gasteiger partial charge in [-0.05, 0) is 67.0 Å². The van der Waals surface area contributed by atoms with E-state index >= 15 is 0 Å². The minimum atomic E-state index is -0.835. The molecule has 1 N–H and O–H groups in total. The number of aryl methyl sites for hydroxylation is 2. The summed E-state index contributed by atoms with van der Waals surface area (Å²) >= 11 is 0. The number of aromatic nitrogens is 3. The van der Waals surface area contributed by atoms with E-state index in [4.69, 9.17) is 0 Å². The first kappa shape index (κ1) is 23.5. The molecular weight excluding hydrogens is 440 g/mol. The first-order valence-corrected chi connectivity index (χ1v) is 12.9. The van der Waals surface area contributed by atoms with E-state index in [2.05, 4.69) is 28.5 Å². The molecule has 0 bridgehead atoms. The van der Waals surface area contributed by atoms with Gasteiger partial charge in [-0.2, -0.15) is 0 Å². The second kappa shape index (κ2) is 9.80. The van der Waals surface area contributed by atoms with Gasteiger partial charge in [0.2, 0.25) is 5.91 Å². The van der Waals surface area contributed by atoms with E-state index in [0.29, 0.717) is 12.5 Å². The molecule has 1 unspecified atom stereocenters. The number of carbonyl (C=O) groups excluding carboxylic acids is 1. The summed E-state index contributed by atoms with van der Waals surface area (Å²) in [5, 5.41) is 18.4. The summed E-state index contributed by atoms with van der Waals surface area (Å²) < 4.78 is 1.86. The standard InChI is InChI=1S/C28H34N4O3/c1-3-32-25-12-11-23(18(2)27(25)29-30-32)24(16-26(33)34)21-10-9-19-13-14-31(17-22(19)15-21)28(35)20-7-5-4-6-8-20/h9-12,15,20,24H,3-8,13-14,16-17H2,1-2H3,(H,33,34). The van der Waals surface area contributed by atoms with E-state index in [1.54, 1.807) is 0 Å². The maximum atomic E-state index is 13.2. The van der Waals surface area contributed by atoms with Crippen molar-refractivity contribution >= 4 is 22.9 Å². The number of fused-ring (bicyclic) bond motifs is 2. The zero-order valence-corrected chi connectivity index (χ0v) is 20.7. The third-order valence-corrected chi connectivity index (χ3v) is 7.95. The molecule has 184 valence electrons. The lowest BCUT2D eigenvalue weighted by Crippen LogP contribution is -2.40. The highest BCUT2D eigenvalue weighted by molar-refractivity contribution is 5.81. The molecule has 1 amide bonds. The molecule has 5 rings (SSSR count). The van der Waals surface area contributed by atoms with Crippen LogP contribution < -0.4 is 0 Å². The van der Waals surface area contributed by atoms with E-state index in [1.807, 2.05) is 35.6 Å². The van der Waals surface area contributed by atoms with Crippen molar-refractivity contribution in [3.63, 3.8) is 0 Å². The van der Waals surface area contributed by atoms with Crippen LogP contribution in [0.3, 0.4) is 0 Å². The molecule has 2 aliphatic rings. The van der Waals surface area contributed by atoms with Gasteiger partial charge in [0.25, 0.3) is 0 Å². The van der Waals surface area contributed by atoms with Crippen LogP contribution >= 0.6 is 0 Å². The topological polar surface area (TPSA) is 88.3 Å². The van der Waals surface area contributed by atoms with Crippen LogP contribution in [0.25, 0.3) is 11.0 Å². The second-order valence-corrected chi connectivity index (χ2v) is 10.1. The number of benzene rings is 2. The maximum absolute atomic E-state index is 13.2. The van der Waals surface area contributed by atoms with Gasteiger partial charge in [-0.3, -0.25) is 9.59 Å². The van der Waals surface area contributed by atoms with Crippen LogP contribution in [0.5, 0.6) is 0 Å². The van der Waals surface area contributed by atoms with Crippen LogP contribution in [0, 0.1) is 12.8 Å². The number of carbonyl (C=O) groups is 2. The van der Waals surface area contributed by atoms with Crippen molar-refractivity contribution in [3.8, 4) is 0 Å². The first-order valence-electron chi connectivity index (χ1n) is 12.9. The minimum Gasteiger partial charge on any atom is -0.481 e. The SMILES string of the molecule is CCn1nnc2c(C)c(C(CC(=O)O)c3ccc4c(c3)CN(C(=O)C3CCCCC3)CC4)ccc21. The summed E-state index contributed by atoms with van der Waals surface area (Å²) in [6.07, 6.45) is 6.40. The van der Waals surface area contributed by atoms with E-state index in [9.17, 15) is 14.7 Å². The Labute approximate surface area is 206 Å². The van der Waals surface area contributed by atoms with Crippen LogP contribution in [0.4, 0.5) is 0 Å². The molecular formula is C28H34N4O3. The Morgan fingerprint density at radius 2 is 1.91 bits per heavy atom. The van der Waals surface area contributed by atoms with Crippen LogP contribution in [0.15, 0.2) is 30.3 Å². The molecule has 0 radical (unpaired) electrons. The Morgan fingerprint density at radius 3 is 2.66 bits per heavy atom. The largest absolute Gasteiger partial charge is 0.481 e. The molecule has 3 aromatic rings. The molecule has 1 aliphatic heterocycles. The summed E-state index contributed by atoms with van der Waals surface area (Å²) in [5.74, 6) is -0.667. The number of rotatable bonds is 6. The summed E-state index contributed by atoms with van der Waals surface area (Å²) in [6.45, 7) is 6.14. The molecule has 7 nitrogen and oxygen atoms in total. The normalized spacial score (nSPS) is 17.4. The highest BCUT2D eigenvalue weighted by Crippen LogP contribution is 2.35. The highest BCUT2D eigenvalue weighted by Gasteiger charge is 2.29. The zero-order valence-electron chi connectivity index (χ0n) is 20.7. The van der Waals surface area contributed by atoms with Crippen molar-refractivity contribution in [1.82, 2.24) is 19.9 Å². The average molecular weight is 475 g/mol. The number of amides is 1. The number of aliphatic carboxylic acids is 1. The smallest absolute Gasteiger partial charge is 0.304 e. The third-order valence-electron chi connectivity index (χ3n) is 7.95. The summed E-state index contributed by atoms with van der Waals surface area (Å²) in [4.78, 5) is 27.1. The van der Waals surface area contributed by atoms with Crippen LogP contribution in [-0.2, 0) is 29.1 Å². The molecule has 1 aliphatic carbocycles. The lowest BCUT2D eigenvalue weighted by molar-refractivity contribution is -0.138. The molecule has 2 aromatic carbocycles. The van der Waals surface area contributed by atoms with Gasteiger partial charge in [-0.1, -0.05) is 48.7 Å². The monoisotopic (exact) mass is 474 g/mol. The fourth-order valence-corrected chi connectivity index (χ4v) is 5.97. The van der Waals surface area contributed by atoms with Crippen molar-refractivity contribution in [2.75, 3.05) is 6.54 Å². The van der Waals surface area contributed by atoms with Crippen LogP contribution in [0.2, 0.25) is 0 Å². The van der Waals surface area contributed by atoms with Gasteiger partial charge in [0.05, 0.1) is 11.9 Å². The first-order chi connectivity index (χ1) is 17.0. The summed E-state index contributed by atoms with van der Waals surface area (Å²) in [6, 6.07) is 10.4. The fraction of sp³-hybridized carbons (Fsp3) is 0.500. The highest BCUT2D eigenvalue weighted by atomic mass is 16.4. The van der Waals surface area contributed by atoms with Crippen molar-refractivity contribution in [2.24, 2.45) is 5.92 Å². The van der Waals surface area contributed by atoms with Crippen LogP contribution in [-0.4, -0.2) is 43.4 Å². The molecule has 0 saturated heterocycles. The number of nitrogens with zero attached hydrogens (tertiary/aromatic N) is 4. The molecule has 7 heteroatoms. The molecule has 0 spiro atoms. The van der Waals surface area contributed by atoms with Gasteiger partial charge in [-0.15, -0.1) is 5.10 Å². The van der Waals surface area contributed by atoms with Gasteiger partial charge in [0.15, 0.2) is 0 Å². The molecule has 1 aromatic heterocycles. The Bertz CT molecular complexity index is 1260. The lowest BCUT2D eigenvalue weighted by atomic mass is 9.83. The predicted octanol–water partition coefficient (Wildman–Crippen LogP) is 4.83. The lowest BCUT2D eigenvalue weighted by Gasteiger charge is -2.33. The van der Waals surface area contributed by atoms with Crippen molar-refractivity contribution < 1.29 is 14.7 Å². The van der Waals surface area contributed by atoms with Crippen molar-refractivity contribution in [3.05, 3.63) is 58.1 Å².